The van der Waals surface area contributed by atoms with E-state index in [9.17, 15) is 4.79 Å². The molecule has 1 aliphatic heterocycles. The number of rotatable bonds is 5. The molecule has 0 unspecified atom stereocenters. The van der Waals surface area contributed by atoms with E-state index in [-0.39, 0.29) is 10.9 Å². The Morgan fingerprint density at radius 3 is 2.68 bits per heavy atom. The van der Waals surface area contributed by atoms with E-state index in [1.807, 2.05) is 4.90 Å². The molecule has 0 saturated carbocycles. The summed E-state index contributed by atoms with van der Waals surface area (Å²) in [5, 5.41) is 3.06. The van der Waals surface area contributed by atoms with Gasteiger partial charge in [-0.3, -0.25) is 4.79 Å². The number of carbonyl (C=O) groups excluding carboxylic acids is 1. The van der Waals surface area contributed by atoms with Crippen molar-refractivity contribution >= 4 is 28.9 Å². The highest BCUT2D eigenvalue weighted by molar-refractivity contribution is 7.80. The number of hydrogen-bond donors (Lipinski definition) is 2. The molecule has 1 saturated heterocycles. The summed E-state index contributed by atoms with van der Waals surface area (Å²) < 4.78 is 0. The molecule has 1 fully saturated rings. The maximum absolute atomic E-state index is 11.8. The molecule has 2 rings (SSSR count). The van der Waals surface area contributed by atoms with Crippen LogP contribution in [0.1, 0.15) is 25.0 Å². The number of amides is 1. The van der Waals surface area contributed by atoms with Crippen molar-refractivity contribution in [3.8, 4) is 0 Å². The van der Waals surface area contributed by atoms with Crippen molar-refractivity contribution in [1.82, 2.24) is 14.9 Å². The Morgan fingerprint density at radius 2 is 2.11 bits per heavy atom. The smallest absolute Gasteiger partial charge is 0.224 e. The Hall–Kier alpha value is -1.76. The van der Waals surface area contributed by atoms with E-state index >= 15 is 0 Å². The average molecular weight is 279 g/mol. The maximum atomic E-state index is 11.8. The second-order valence-electron chi connectivity index (χ2n) is 4.42. The van der Waals surface area contributed by atoms with Crippen LogP contribution < -0.4 is 11.1 Å². The monoisotopic (exact) mass is 279 g/mol. The van der Waals surface area contributed by atoms with Crippen molar-refractivity contribution in [1.29, 1.82) is 0 Å². The second-order valence-corrected chi connectivity index (χ2v) is 4.86. The molecule has 0 bridgehead atoms. The molecule has 7 heteroatoms. The fourth-order valence-corrected chi connectivity index (χ4v) is 2.07. The van der Waals surface area contributed by atoms with Gasteiger partial charge in [-0.05, 0) is 12.8 Å². The van der Waals surface area contributed by atoms with Crippen LogP contribution in [0.25, 0.3) is 0 Å². The fraction of sp³-hybridized carbons (Fsp3) is 0.500. The van der Waals surface area contributed by atoms with Gasteiger partial charge in [-0.15, -0.1) is 0 Å². The van der Waals surface area contributed by atoms with Crippen molar-refractivity contribution in [3.05, 3.63) is 18.1 Å². The zero-order valence-electron chi connectivity index (χ0n) is 10.6. The highest BCUT2D eigenvalue weighted by Crippen LogP contribution is 2.09. The first kappa shape index (κ1) is 13.7. The molecular weight excluding hydrogens is 262 g/mol. The van der Waals surface area contributed by atoms with E-state index < -0.39 is 0 Å². The minimum Gasteiger partial charge on any atom is -0.388 e. The summed E-state index contributed by atoms with van der Waals surface area (Å²) in [6.07, 6.45) is 5.79. The van der Waals surface area contributed by atoms with Gasteiger partial charge in [0.25, 0.3) is 0 Å². The van der Waals surface area contributed by atoms with Crippen molar-refractivity contribution in [3.63, 3.8) is 0 Å². The van der Waals surface area contributed by atoms with E-state index in [0.29, 0.717) is 24.5 Å². The van der Waals surface area contributed by atoms with Crippen molar-refractivity contribution in [2.75, 3.05) is 25.0 Å². The number of likely N-dealkylation sites (tertiary alicyclic amines) is 1. The molecule has 2 heterocycles. The molecule has 6 nitrogen and oxygen atoms in total. The van der Waals surface area contributed by atoms with Crippen LogP contribution in [0.4, 0.5) is 5.82 Å². The number of anilines is 1. The molecule has 19 heavy (non-hydrogen) atoms. The van der Waals surface area contributed by atoms with E-state index in [2.05, 4.69) is 15.3 Å². The number of carbonyl (C=O) groups is 1. The molecular formula is C12H17N5OS. The Morgan fingerprint density at radius 1 is 1.37 bits per heavy atom. The second kappa shape index (κ2) is 6.42. The Labute approximate surface area is 117 Å². The van der Waals surface area contributed by atoms with Crippen LogP contribution in [0, 0.1) is 0 Å². The molecule has 1 aromatic rings. The standard InChI is InChI=1S/C12H17N5OS/c13-12(19)9-7-16-10(8-15-9)14-4-3-11(18)17-5-1-2-6-17/h7-8H,1-6H2,(H2,13,19)(H,14,16). The Kier molecular flexibility index (Phi) is 4.62. The van der Waals surface area contributed by atoms with Gasteiger partial charge in [-0.25, -0.2) is 9.97 Å². The van der Waals surface area contributed by atoms with Gasteiger partial charge in [0.15, 0.2) is 0 Å². The number of nitrogens with zero attached hydrogens (tertiary/aromatic N) is 3. The topological polar surface area (TPSA) is 84.1 Å². The van der Waals surface area contributed by atoms with Crippen LogP contribution in [0.2, 0.25) is 0 Å². The number of thiocarbonyl (C=S) groups is 1. The predicted molar refractivity (Wildman–Crippen MR) is 76.8 cm³/mol. The first-order valence-electron chi connectivity index (χ1n) is 6.30. The van der Waals surface area contributed by atoms with Crippen LogP contribution in [0.15, 0.2) is 12.4 Å². The lowest BCUT2D eigenvalue weighted by Gasteiger charge is -2.15. The lowest BCUT2D eigenvalue weighted by molar-refractivity contribution is -0.129. The minimum atomic E-state index is 0.192. The van der Waals surface area contributed by atoms with Gasteiger partial charge in [0.2, 0.25) is 5.91 Å². The van der Waals surface area contributed by atoms with E-state index in [1.165, 1.54) is 6.20 Å². The van der Waals surface area contributed by atoms with E-state index in [4.69, 9.17) is 18.0 Å². The van der Waals surface area contributed by atoms with Crippen LogP contribution in [-0.4, -0.2) is 45.4 Å². The molecule has 0 radical (unpaired) electrons. The summed E-state index contributed by atoms with van der Waals surface area (Å²) in [5.41, 5.74) is 5.93. The fourth-order valence-electron chi connectivity index (χ4n) is 1.97. The SMILES string of the molecule is NC(=S)c1cnc(NCCC(=O)N2CCCC2)cn1. The number of hydrogen-bond acceptors (Lipinski definition) is 5. The maximum Gasteiger partial charge on any atom is 0.224 e. The summed E-state index contributed by atoms with van der Waals surface area (Å²) in [5.74, 6) is 0.812. The summed E-state index contributed by atoms with van der Waals surface area (Å²) in [6, 6.07) is 0. The van der Waals surface area contributed by atoms with Crippen LogP contribution in [-0.2, 0) is 4.79 Å². The Bertz CT molecular complexity index is 456. The minimum absolute atomic E-state index is 0.192. The summed E-state index contributed by atoms with van der Waals surface area (Å²) in [7, 11) is 0. The van der Waals surface area contributed by atoms with Gasteiger partial charge in [0, 0.05) is 26.1 Å². The molecule has 1 aliphatic rings. The van der Waals surface area contributed by atoms with Gasteiger partial charge in [-0.2, -0.15) is 0 Å². The summed E-state index contributed by atoms with van der Waals surface area (Å²) in [4.78, 5) is 22.1. The first-order valence-corrected chi connectivity index (χ1v) is 6.71. The third-order valence-corrected chi connectivity index (χ3v) is 3.22. The zero-order chi connectivity index (χ0) is 13.7. The van der Waals surface area contributed by atoms with E-state index in [0.717, 1.165) is 25.9 Å². The number of nitrogens with one attached hydrogen (secondary N) is 1. The van der Waals surface area contributed by atoms with E-state index in [1.54, 1.807) is 6.20 Å². The summed E-state index contributed by atoms with van der Waals surface area (Å²) in [6.45, 7) is 2.33. The van der Waals surface area contributed by atoms with Gasteiger partial charge in [0.05, 0.1) is 12.4 Å². The third kappa shape index (κ3) is 3.85. The van der Waals surface area contributed by atoms with Gasteiger partial charge in [-0.1, -0.05) is 12.2 Å². The van der Waals surface area contributed by atoms with Gasteiger partial charge >= 0.3 is 0 Å². The molecule has 1 aromatic heterocycles. The molecule has 102 valence electrons. The molecule has 3 N–H and O–H groups in total. The Balaban J connectivity index is 1.75. The highest BCUT2D eigenvalue weighted by atomic mass is 32.1. The van der Waals surface area contributed by atoms with Crippen molar-refractivity contribution in [2.45, 2.75) is 19.3 Å². The lowest BCUT2D eigenvalue weighted by Crippen LogP contribution is -2.29. The van der Waals surface area contributed by atoms with Gasteiger partial charge in [0.1, 0.15) is 16.5 Å². The van der Waals surface area contributed by atoms with Crippen LogP contribution in [0.3, 0.4) is 0 Å². The number of aromatic nitrogens is 2. The lowest BCUT2D eigenvalue weighted by atomic mass is 10.3. The highest BCUT2D eigenvalue weighted by Gasteiger charge is 2.16. The molecule has 0 atom stereocenters. The predicted octanol–water partition coefficient (Wildman–Crippen LogP) is 0.535. The number of nitrogens with two attached hydrogens (primary N) is 1. The summed E-state index contributed by atoms with van der Waals surface area (Å²) >= 11 is 4.79. The zero-order valence-corrected chi connectivity index (χ0v) is 11.4. The normalized spacial score (nSPS) is 14.4. The van der Waals surface area contributed by atoms with Crippen LogP contribution in [0.5, 0.6) is 0 Å². The average Bonchev–Trinajstić information content (AvgIpc) is 2.93. The van der Waals surface area contributed by atoms with Gasteiger partial charge < -0.3 is 16.0 Å². The van der Waals surface area contributed by atoms with Crippen molar-refractivity contribution in [2.24, 2.45) is 5.73 Å². The van der Waals surface area contributed by atoms with Crippen molar-refractivity contribution < 1.29 is 4.79 Å². The largest absolute Gasteiger partial charge is 0.388 e. The molecule has 0 spiro atoms. The third-order valence-electron chi connectivity index (χ3n) is 3.01. The molecule has 0 aromatic carbocycles. The molecule has 1 amide bonds. The van der Waals surface area contributed by atoms with Crippen LogP contribution >= 0.6 is 12.2 Å². The first-order chi connectivity index (χ1) is 9.16. The molecule has 0 aliphatic carbocycles. The quantitative estimate of drug-likeness (QED) is 0.765.